The number of hydrogen-bond acceptors (Lipinski definition) is 6. The van der Waals surface area contributed by atoms with Crippen LogP contribution in [0.1, 0.15) is 31.4 Å². The highest BCUT2D eigenvalue weighted by molar-refractivity contribution is 5.43. The van der Waals surface area contributed by atoms with Gasteiger partial charge in [0.15, 0.2) is 0 Å². The van der Waals surface area contributed by atoms with Crippen molar-refractivity contribution in [1.82, 2.24) is 24.4 Å². The number of anilines is 1. The molecule has 3 heterocycles. The zero-order valence-electron chi connectivity index (χ0n) is 15.3. The van der Waals surface area contributed by atoms with Gasteiger partial charge in [0.2, 0.25) is 0 Å². The minimum Gasteiger partial charge on any atom is -0.350 e. The van der Waals surface area contributed by atoms with Gasteiger partial charge in [-0.15, -0.1) is 0 Å². The molecule has 0 radical (unpaired) electrons. The summed E-state index contributed by atoms with van der Waals surface area (Å²) in [5, 5.41) is 0. The van der Waals surface area contributed by atoms with Gasteiger partial charge in [0.25, 0.3) is 0 Å². The SMILES string of the molecule is Cc1cc(N(C2CC2)C2CCN(CCn3cccnc3=O)CC2)ncn1. The maximum absolute atomic E-state index is 11.7. The fourth-order valence-electron chi connectivity index (χ4n) is 3.83. The van der Waals surface area contributed by atoms with Gasteiger partial charge < -0.3 is 9.80 Å². The van der Waals surface area contributed by atoms with Crippen molar-refractivity contribution in [2.75, 3.05) is 24.5 Å². The van der Waals surface area contributed by atoms with Gasteiger partial charge in [0, 0.05) is 62.4 Å². The summed E-state index contributed by atoms with van der Waals surface area (Å²) in [5.41, 5.74) is 0.862. The Bertz CT molecular complexity index is 794. The third-order valence-corrected chi connectivity index (χ3v) is 5.38. The van der Waals surface area contributed by atoms with Crippen LogP contribution >= 0.6 is 0 Å². The topological polar surface area (TPSA) is 67.2 Å². The molecule has 0 N–H and O–H groups in total. The van der Waals surface area contributed by atoms with Crippen LogP contribution in [0.2, 0.25) is 0 Å². The van der Waals surface area contributed by atoms with E-state index >= 15 is 0 Å². The summed E-state index contributed by atoms with van der Waals surface area (Å²) in [7, 11) is 0. The van der Waals surface area contributed by atoms with Crippen molar-refractivity contribution in [3.63, 3.8) is 0 Å². The van der Waals surface area contributed by atoms with E-state index in [0.717, 1.165) is 44.0 Å². The van der Waals surface area contributed by atoms with Gasteiger partial charge in [-0.25, -0.2) is 19.7 Å². The lowest BCUT2D eigenvalue weighted by molar-refractivity contribution is 0.200. The predicted molar refractivity (Wildman–Crippen MR) is 100 cm³/mol. The summed E-state index contributed by atoms with van der Waals surface area (Å²) in [6, 6.07) is 5.12. The maximum Gasteiger partial charge on any atom is 0.347 e. The molecule has 0 aromatic carbocycles. The van der Waals surface area contributed by atoms with Crippen LogP contribution in [-0.4, -0.2) is 56.1 Å². The average molecular weight is 354 g/mol. The highest BCUT2D eigenvalue weighted by Crippen LogP contribution is 2.35. The number of hydrogen-bond donors (Lipinski definition) is 0. The van der Waals surface area contributed by atoms with Gasteiger partial charge in [-0.05, 0) is 38.7 Å². The van der Waals surface area contributed by atoms with Crippen LogP contribution < -0.4 is 10.6 Å². The molecule has 7 nitrogen and oxygen atoms in total. The Morgan fingerprint density at radius 3 is 2.54 bits per heavy atom. The molecule has 2 aromatic heterocycles. The number of nitrogens with zero attached hydrogens (tertiary/aromatic N) is 6. The predicted octanol–water partition coefficient (Wildman–Crippen LogP) is 1.48. The largest absolute Gasteiger partial charge is 0.350 e. The molecule has 0 bridgehead atoms. The molecule has 0 atom stereocenters. The first-order chi connectivity index (χ1) is 12.7. The molecular formula is C19H26N6O. The molecule has 0 unspecified atom stereocenters. The minimum atomic E-state index is -0.165. The Balaban J connectivity index is 1.35. The van der Waals surface area contributed by atoms with Gasteiger partial charge in [-0.1, -0.05) is 0 Å². The Morgan fingerprint density at radius 2 is 1.85 bits per heavy atom. The monoisotopic (exact) mass is 354 g/mol. The van der Waals surface area contributed by atoms with Crippen molar-refractivity contribution >= 4 is 5.82 Å². The summed E-state index contributed by atoms with van der Waals surface area (Å²) in [4.78, 5) is 29.3. The summed E-state index contributed by atoms with van der Waals surface area (Å²) >= 11 is 0. The Morgan fingerprint density at radius 1 is 1.08 bits per heavy atom. The Labute approximate surface area is 153 Å². The van der Waals surface area contributed by atoms with E-state index in [-0.39, 0.29) is 5.69 Å². The van der Waals surface area contributed by atoms with Crippen molar-refractivity contribution in [3.05, 3.63) is 47.0 Å². The van der Waals surface area contributed by atoms with Crippen LogP contribution in [0.15, 0.2) is 35.6 Å². The standard InChI is InChI=1S/C19H26N6O/c1-15-13-18(22-14-21-15)25(16-3-4-16)17-5-9-23(10-6-17)11-12-24-8-2-7-20-19(24)26/h2,7-8,13-14,16-17H,3-6,9-12H2,1H3. The third kappa shape index (κ3) is 3.93. The lowest BCUT2D eigenvalue weighted by Gasteiger charge is -2.39. The quantitative estimate of drug-likeness (QED) is 0.783. The molecule has 0 amide bonds. The number of aryl methyl sites for hydroxylation is 1. The molecule has 2 fully saturated rings. The van der Waals surface area contributed by atoms with Crippen LogP contribution in [0.3, 0.4) is 0 Å². The molecular weight excluding hydrogens is 328 g/mol. The second-order valence-electron chi connectivity index (χ2n) is 7.32. The molecule has 26 heavy (non-hydrogen) atoms. The molecule has 1 aliphatic carbocycles. The lowest BCUT2D eigenvalue weighted by Crippen LogP contribution is -2.47. The fraction of sp³-hybridized carbons (Fsp3) is 0.579. The van der Waals surface area contributed by atoms with Crippen molar-refractivity contribution in [1.29, 1.82) is 0 Å². The highest BCUT2D eigenvalue weighted by atomic mass is 16.1. The zero-order valence-corrected chi connectivity index (χ0v) is 15.3. The van der Waals surface area contributed by atoms with Crippen molar-refractivity contribution in [2.24, 2.45) is 0 Å². The van der Waals surface area contributed by atoms with E-state index in [1.165, 1.54) is 12.8 Å². The van der Waals surface area contributed by atoms with Crippen LogP contribution in [0, 0.1) is 6.92 Å². The summed E-state index contributed by atoms with van der Waals surface area (Å²) in [6.07, 6.45) is 9.87. The van der Waals surface area contributed by atoms with E-state index in [1.807, 2.05) is 19.2 Å². The van der Waals surface area contributed by atoms with Gasteiger partial charge in [0.1, 0.15) is 12.1 Å². The van der Waals surface area contributed by atoms with Crippen molar-refractivity contribution in [3.8, 4) is 0 Å². The minimum absolute atomic E-state index is 0.165. The van der Waals surface area contributed by atoms with Gasteiger partial charge in [-0.2, -0.15) is 0 Å². The van der Waals surface area contributed by atoms with Gasteiger partial charge in [0.05, 0.1) is 0 Å². The highest BCUT2D eigenvalue weighted by Gasteiger charge is 2.36. The average Bonchev–Trinajstić information content (AvgIpc) is 3.47. The van der Waals surface area contributed by atoms with Crippen LogP contribution in [0.5, 0.6) is 0 Å². The molecule has 7 heteroatoms. The number of aromatic nitrogens is 4. The van der Waals surface area contributed by atoms with E-state index < -0.39 is 0 Å². The van der Waals surface area contributed by atoms with Crippen molar-refractivity contribution < 1.29 is 0 Å². The fourth-order valence-corrected chi connectivity index (χ4v) is 3.83. The molecule has 1 saturated heterocycles. The van der Waals surface area contributed by atoms with E-state index in [2.05, 4.69) is 30.8 Å². The summed E-state index contributed by atoms with van der Waals surface area (Å²) in [6.45, 7) is 5.75. The second kappa shape index (κ2) is 7.53. The van der Waals surface area contributed by atoms with E-state index in [1.54, 1.807) is 17.1 Å². The smallest absolute Gasteiger partial charge is 0.347 e. The van der Waals surface area contributed by atoms with E-state index in [9.17, 15) is 4.79 Å². The van der Waals surface area contributed by atoms with Crippen LogP contribution in [-0.2, 0) is 6.54 Å². The van der Waals surface area contributed by atoms with E-state index in [0.29, 0.717) is 18.6 Å². The Kier molecular flexibility index (Phi) is 4.97. The third-order valence-electron chi connectivity index (χ3n) is 5.38. The van der Waals surface area contributed by atoms with Crippen molar-refractivity contribution in [2.45, 2.75) is 51.2 Å². The molecule has 1 aliphatic heterocycles. The molecule has 1 saturated carbocycles. The Hall–Kier alpha value is -2.28. The molecule has 2 aliphatic rings. The molecule has 4 rings (SSSR count). The summed E-state index contributed by atoms with van der Waals surface area (Å²) in [5.74, 6) is 1.08. The van der Waals surface area contributed by atoms with Crippen LogP contribution in [0.25, 0.3) is 0 Å². The van der Waals surface area contributed by atoms with Crippen LogP contribution in [0.4, 0.5) is 5.82 Å². The summed E-state index contributed by atoms with van der Waals surface area (Å²) < 4.78 is 1.69. The molecule has 2 aromatic rings. The first-order valence-electron chi connectivity index (χ1n) is 9.51. The molecule has 0 spiro atoms. The number of piperidine rings is 1. The number of rotatable bonds is 6. The first kappa shape index (κ1) is 17.1. The van der Waals surface area contributed by atoms with Gasteiger partial charge in [-0.3, -0.25) is 4.57 Å². The maximum atomic E-state index is 11.7. The molecule has 138 valence electrons. The first-order valence-corrected chi connectivity index (χ1v) is 9.51. The second-order valence-corrected chi connectivity index (χ2v) is 7.32. The van der Waals surface area contributed by atoms with Gasteiger partial charge >= 0.3 is 5.69 Å². The number of likely N-dealkylation sites (tertiary alicyclic amines) is 1. The normalized spacial score (nSPS) is 18.8. The van der Waals surface area contributed by atoms with E-state index in [4.69, 9.17) is 0 Å². The lowest BCUT2D eigenvalue weighted by atomic mass is 10.0. The zero-order chi connectivity index (χ0) is 17.9.